The smallest absolute Gasteiger partial charge is 0.306 e. The van der Waals surface area contributed by atoms with E-state index in [0.717, 1.165) is 109 Å². The Bertz CT molecular complexity index is 1440. The van der Waals surface area contributed by atoms with Crippen LogP contribution in [0.3, 0.4) is 0 Å². The number of quaternary nitrogens is 1. The minimum Gasteiger partial charge on any atom is -0.544 e. The normalized spacial score (nSPS) is 13.8. The SMILES string of the molecule is CC/C=C/C/C=C/C/C=C/C/C=C/C/C=C/CCCCCC(=O)OCC(COCCC(C(=O)[O-])[N+](C)(C)C)OC(=O)CCCCCCCCCCCC/C=C/C/C=C/C/C=C/C/C=C/CC. The average Bonchev–Trinajstić information content (AvgIpc) is 3.28. The molecule has 0 spiro atoms. The van der Waals surface area contributed by atoms with Crippen molar-refractivity contribution in [1.82, 2.24) is 0 Å². The van der Waals surface area contributed by atoms with E-state index in [1.807, 2.05) is 0 Å². The van der Waals surface area contributed by atoms with Crippen LogP contribution in [0, 0.1) is 0 Å². The van der Waals surface area contributed by atoms with E-state index in [4.69, 9.17) is 14.2 Å². The molecule has 0 aromatic rings. The largest absolute Gasteiger partial charge is 0.544 e. The number of carboxylic acid groups (broad SMARTS) is 1. The summed E-state index contributed by atoms with van der Waals surface area (Å²) >= 11 is 0. The first-order chi connectivity index (χ1) is 32.1. The molecular weight excluding hydrogens is 823 g/mol. The highest BCUT2D eigenvalue weighted by atomic mass is 16.6. The van der Waals surface area contributed by atoms with Gasteiger partial charge in [0.05, 0.1) is 40.3 Å². The van der Waals surface area contributed by atoms with Crippen molar-refractivity contribution in [2.24, 2.45) is 0 Å². The summed E-state index contributed by atoms with van der Waals surface area (Å²) in [4.78, 5) is 37.1. The Kier molecular flexibility index (Phi) is 44.6. The van der Waals surface area contributed by atoms with Crippen LogP contribution in [-0.2, 0) is 28.6 Å². The molecule has 374 valence electrons. The Labute approximate surface area is 404 Å². The maximum Gasteiger partial charge on any atom is 0.306 e. The van der Waals surface area contributed by atoms with Crippen LogP contribution in [-0.4, -0.2) is 75.5 Å². The molecule has 2 unspecified atom stereocenters. The van der Waals surface area contributed by atoms with Gasteiger partial charge in [0.1, 0.15) is 12.6 Å². The third-order valence-corrected chi connectivity index (χ3v) is 10.9. The molecule has 8 heteroatoms. The fourth-order valence-corrected chi connectivity index (χ4v) is 6.97. The second-order valence-corrected chi connectivity index (χ2v) is 18.0. The van der Waals surface area contributed by atoms with E-state index in [-0.39, 0.29) is 42.7 Å². The van der Waals surface area contributed by atoms with Crippen LogP contribution >= 0.6 is 0 Å². The predicted molar refractivity (Wildman–Crippen MR) is 277 cm³/mol. The first kappa shape index (κ1) is 62.0. The van der Waals surface area contributed by atoms with E-state index in [1.165, 1.54) is 44.9 Å². The molecule has 0 fully saturated rings. The van der Waals surface area contributed by atoms with Gasteiger partial charge in [-0.2, -0.15) is 0 Å². The lowest BCUT2D eigenvalue weighted by molar-refractivity contribution is -0.889. The lowest BCUT2D eigenvalue weighted by Gasteiger charge is -2.34. The van der Waals surface area contributed by atoms with E-state index in [0.29, 0.717) is 12.8 Å². The Hall–Kier alpha value is -4.01. The summed E-state index contributed by atoms with van der Waals surface area (Å²) in [5.74, 6) is -1.79. The van der Waals surface area contributed by atoms with E-state index >= 15 is 0 Å². The van der Waals surface area contributed by atoms with Gasteiger partial charge in [0.2, 0.25) is 0 Å². The third kappa shape index (κ3) is 45.2. The summed E-state index contributed by atoms with van der Waals surface area (Å²) in [6.07, 6.45) is 65.5. The number of carbonyl (C=O) groups is 3. The highest BCUT2D eigenvalue weighted by Crippen LogP contribution is 2.14. The number of hydrogen-bond acceptors (Lipinski definition) is 7. The Balaban J connectivity index is 4.32. The Morgan fingerprint density at radius 3 is 1.20 bits per heavy atom. The van der Waals surface area contributed by atoms with Crippen molar-refractivity contribution in [3.63, 3.8) is 0 Å². The highest BCUT2D eigenvalue weighted by Gasteiger charge is 2.25. The number of carboxylic acids is 1. The number of aliphatic carboxylic acids is 1. The first-order valence-corrected chi connectivity index (χ1v) is 25.9. The molecule has 66 heavy (non-hydrogen) atoms. The van der Waals surface area contributed by atoms with Crippen LogP contribution in [0.2, 0.25) is 0 Å². The monoisotopic (exact) mass is 918 g/mol. The number of rotatable bonds is 45. The quantitative estimate of drug-likeness (QED) is 0.0259. The van der Waals surface area contributed by atoms with Crippen molar-refractivity contribution >= 4 is 17.9 Å². The van der Waals surface area contributed by atoms with Gasteiger partial charge in [-0.05, 0) is 96.3 Å². The molecule has 0 aliphatic heterocycles. The van der Waals surface area contributed by atoms with Gasteiger partial charge < -0.3 is 28.6 Å². The summed E-state index contributed by atoms with van der Waals surface area (Å²) in [5, 5.41) is 11.7. The fraction of sp³-hybridized carbons (Fsp3) is 0.638. The molecule has 0 heterocycles. The van der Waals surface area contributed by atoms with E-state index < -0.39 is 18.1 Å². The standard InChI is InChI=1S/C58H95NO7/c1-6-8-10-12-14-16-18-20-22-24-26-27-28-29-31-33-35-37-39-41-43-45-47-49-57(61)66-54(52-64-51-50-55(58(62)63)59(3,4)5)53-65-56(60)48-46-44-42-40-38-36-34-32-30-25-23-21-19-17-15-13-11-9-7-2/h8-11,14-17,20-23,26-27,30,32,36,38,54-55H,6-7,12-13,18-19,24-25,28-29,31,33-35,37,39-53H2,1-5H3/b10-8+,11-9+,16-14+,17-15+,22-20+,23-21+,27-26+,32-30+,38-36+. The molecule has 0 bridgehead atoms. The third-order valence-electron chi connectivity index (χ3n) is 10.9. The van der Waals surface area contributed by atoms with Crippen LogP contribution in [0.15, 0.2) is 109 Å². The number of ether oxygens (including phenoxy) is 3. The lowest BCUT2D eigenvalue weighted by Crippen LogP contribution is -2.55. The average molecular weight is 918 g/mol. The Morgan fingerprint density at radius 1 is 0.455 bits per heavy atom. The van der Waals surface area contributed by atoms with Crippen LogP contribution in [0.4, 0.5) is 0 Å². The number of carbonyl (C=O) groups excluding carboxylic acids is 3. The number of esters is 2. The molecule has 0 rings (SSSR count). The zero-order valence-electron chi connectivity index (χ0n) is 42.6. The number of nitrogens with zero attached hydrogens (tertiary/aromatic N) is 1. The topological polar surface area (TPSA) is 102 Å². The lowest BCUT2D eigenvalue weighted by atomic mass is 10.0. The van der Waals surface area contributed by atoms with Crippen LogP contribution in [0.1, 0.15) is 187 Å². The zero-order chi connectivity index (χ0) is 48.4. The van der Waals surface area contributed by atoms with Crippen molar-refractivity contribution in [3.8, 4) is 0 Å². The molecule has 0 aliphatic rings. The molecule has 0 amide bonds. The summed E-state index contributed by atoms with van der Waals surface area (Å²) in [5.41, 5.74) is 0. The van der Waals surface area contributed by atoms with Gasteiger partial charge in [0.15, 0.2) is 6.10 Å². The maximum atomic E-state index is 12.8. The van der Waals surface area contributed by atoms with E-state index in [9.17, 15) is 19.5 Å². The molecule has 0 aromatic heterocycles. The second kappa shape index (κ2) is 47.5. The van der Waals surface area contributed by atoms with Gasteiger partial charge in [-0.15, -0.1) is 0 Å². The molecule has 0 radical (unpaired) electrons. The summed E-state index contributed by atoms with van der Waals surface area (Å²) < 4.78 is 17.2. The molecule has 0 aromatic carbocycles. The second-order valence-electron chi connectivity index (χ2n) is 18.0. The van der Waals surface area contributed by atoms with Crippen molar-refractivity contribution in [2.75, 3.05) is 41.0 Å². The maximum absolute atomic E-state index is 12.8. The molecule has 0 aliphatic carbocycles. The van der Waals surface area contributed by atoms with Crippen molar-refractivity contribution in [3.05, 3.63) is 109 Å². The van der Waals surface area contributed by atoms with Crippen molar-refractivity contribution in [2.45, 2.75) is 199 Å². The number of allylic oxidation sites excluding steroid dienone is 18. The minimum atomic E-state index is -1.13. The predicted octanol–water partition coefficient (Wildman–Crippen LogP) is 13.9. The fourth-order valence-electron chi connectivity index (χ4n) is 6.97. The molecule has 2 atom stereocenters. The molecule has 0 N–H and O–H groups in total. The Morgan fingerprint density at radius 2 is 0.803 bits per heavy atom. The number of unbranched alkanes of at least 4 members (excludes halogenated alkanes) is 13. The van der Waals surface area contributed by atoms with Crippen LogP contribution < -0.4 is 5.11 Å². The summed E-state index contributed by atoms with van der Waals surface area (Å²) in [6.45, 7) is 4.39. The molecule has 0 saturated heterocycles. The number of likely N-dealkylation sites (N-methyl/N-ethyl adjacent to an activating group) is 1. The van der Waals surface area contributed by atoms with Crippen molar-refractivity contribution in [1.29, 1.82) is 0 Å². The molecule has 0 saturated carbocycles. The van der Waals surface area contributed by atoms with Crippen LogP contribution in [0.25, 0.3) is 0 Å². The van der Waals surface area contributed by atoms with Gasteiger partial charge >= 0.3 is 11.9 Å². The minimum absolute atomic E-state index is 0.0214. The zero-order valence-corrected chi connectivity index (χ0v) is 42.6. The van der Waals surface area contributed by atoms with Gasteiger partial charge in [0, 0.05) is 19.3 Å². The van der Waals surface area contributed by atoms with Gasteiger partial charge in [-0.25, -0.2) is 0 Å². The van der Waals surface area contributed by atoms with Crippen molar-refractivity contribution < 1.29 is 38.2 Å². The first-order valence-electron chi connectivity index (χ1n) is 25.9. The van der Waals surface area contributed by atoms with Gasteiger partial charge in [-0.3, -0.25) is 9.59 Å². The summed E-state index contributed by atoms with van der Waals surface area (Å²) in [6, 6.07) is -0.739. The molecular formula is C58H95NO7. The number of hydrogen-bond donors (Lipinski definition) is 0. The van der Waals surface area contributed by atoms with Crippen LogP contribution in [0.5, 0.6) is 0 Å². The van der Waals surface area contributed by atoms with Gasteiger partial charge in [0.25, 0.3) is 0 Å². The molecule has 8 nitrogen and oxygen atoms in total. The highest BCUT2D eigenvalue weighted by molar-refractivity contribution is 5.70. The summed E-state index contributed by atoms with van der Waals surface area (Å²) in [7, 11) is 5.39. The van der Waals surface area contributed by atoms with E-state index in [2.05, 4.69) is 123 Å². The van der Waals surface area contributed by atoms with Gasteiger partial charge in [-0.1, -0.05) is 181 Å². The van der Waals surface area contributed by atoms with E-state index in [1.54, 1.807) is 21.1 Å².